The molecule has 260 valence electrons. The normalized spacial score (nSPS) is 11.4. The molecule has 1 aliphatic heterocycles. The SMILES string of the molecule is ClB1Cc2ccc(N(c3ccccc3)c3ccccc3)cc2-c2ccccc21.Nc1ccc(N(c2ccccc2)c2ccccc2)cc1-c1ccccc1. The third-order valence-corrected chi connectivity index (χ3v) is 10.2. The van der Waals surface area contributed by atoms with E-state index in [0.29, 0.717) is 0 Å². The Hall–Kier alpha value is -6.49. The zero-order valence-corrected chi connectivity index (χ0v) is 30.6. The topological polar surface area (TPSA) is 32.5 Å². The third kappa shape index (κ3) is 7.38. The first kappa shape index (κ1) is 34.6. The molecule has 0 saturated carbocycles. The van der Waals surface area contributed by atoms with Crippen LogP contribution in [0.2, 0.25) is 0 Å². The molecule has 0 atom stereocenters. The number of fused-ring (bicyclic) bond motifs is 3. The van der Waals surface area contributed by atoms with Gasteiger partial charge in [-0.05, 0) is 107 Å². The van der Waals surface area contributed by atoms with Gasteiger partial charge in [-0.25, -0.2) is 0 Å². The first-order chi connectivity index (χ1) is 26.6. The van der Waals surface area contributed by atoms with E-state index in [9.17, 15) is 0 Å². The number of hydrogen-bond acceptors (Lipinski definition) is 3. The lowest BCUT2D eigenvalue weighted by atomic mass is 9.57. The van der Waals surface area contributed by atoms with Crippen LogP contribution < -0.4 is 21.0 Å². The summed E-state index contributed by atoms with van der Waals surface area (Å²) in [6.45, 7) is 0. The number of para-hydroxylation sites is 4. The molecule has 1 aliphatic rings. The Kier molecular flexibility index (Phi) is 10.3. The molecule has 8 aromatic carbocycles. The van der Waals surface area contributed by atoms with Gasteiger partial charge in [0.25, 0.3) is 6.13 Å². The first-order valence-corrected chi connectivity index (χ1v) is 18.7. The Balaban J connectivity index is 0.000000154. The molecule has 8 aromatic rings. The van der Waals surface area contributed by atoms with E-state index in [0.717, 1.165) is 57.3 Å². The number of nitrogens with two attached hydrogens (primary N) is 1. The Labute approximate surface area is 323 Å². The Morgan fingerprint density at radius 1 is 0.389 bits per heavy atom. The van der Waals surface area contributed by atoms with Crippen molar-refractivity contribution in [2.75, 3.05) is 15.5 Å². The highest BCUT2D eigenvalue weighted by molar-refractivity contribution is 7.14. The van der Waals surface area contributed by atoms with E-state index in [1.54, 1.807) is 0 Å². The van der Waals surface area contributed by atoms with Gasteiger partial charge in [0.15, 0.2) is 0 Å². The maximum Gasteiger partial charge on any atom is 0.288 e. The second-order valence-corrected chi connectivity index (χ2v) is 13.8. The van der Waals surface area contributed by atoms with Gasteiger partial charge in [-0.15, -0.1) is 0 Å². The number of hydrogen-bond donors (Lipinski definition) is 1. The average Bonchev–Trinajstić information content (AvgIpc) is 3.24. The molecule has 0 amide bonds. The van der Waals surface area contributed by atoms with Gasteiger partial charge < -0.3 is 15.5 Å². The monoisotopic (exact) mass is 715 g/mol. The summed E-state index contributed by atoms with van der Waals surface area (Å²) >= 11 is 6.66. The Bertz CT molecular complexity index is 2360. The molecular weight excluding hydrogens is 677 g/mol. The smallest absolute Gasteiger partial charge is 0.288 e. The summed E-state index contributed by atoms with van der Waals surface area (Å²) < 4.78 is 0. The van der Waals surface area contributed by atoms with Crippen molar-refractivity contribution in [1.82, 2.24) is 0 Å². The quantitative estimate of drug-likeness (QED) is 0.132. The summed E-state index contributed by atoms with van der Waals surface area (Å²) in [6, 6.07) is 73.5. The Morgan fingerprint density at radius 2 is 0.796 bits per heavy atom. The highest BCUT2D eigenvalue weighted by atomic mass is 35.5. The number of anilines is 7. The van der Waals surface area contributed by atoms with Crippen LogP contribution in [0.4, 0.5) is 39.8 Å². The van der Waals surface area contributed by atoms with E-state index >= 15 is 0 Å². The zero-order valence-electron chi connectivity index (χ0n) is 29.8. The molecule has 3 nitrogen and oxygen atoms in total. The fraction of sp³-hybridized carbons (Fsp3) is 0.0204. The van der Waals surface area contributed by atoms with Crippen LogP contribution >= 0.6 is 11.5 Å². The van der Waals surface area contributed by atoms with Gasteiger partial charge in [0.2, 0.25) is 0 Å². The van der Waals surface area contributed by atoms with Crippen LogP contribution in [0.15, 0.2) is 212 Å². The molecular formula is C49H39BClN3. The van der Waals surface area contributed by atoms with Gasteiger partial charge in [-0.3, -0.25) is 0 Å². The van der Waals surface area contributed by atoms with Gasteiger partial charge in [0.05, 0.1) is 0 Å². The number of nitrogen functional groups attached to an aromatic ring is 1. The molecule has 0 aromatic heterocycles. The minimum atomic E-state index is 0.0360. The fourth-order valence-electron chi connectivity index (χ4n) is 7.20. The van der Waals surface area contributed by atoms with Crippen molar-refractivity contribution in [1.29, 1.82) is 0 Å². The average molecular weight is 716 g/mol. The van der Waals surface area contributed by atoms with Crippen molar-refractivity contribution in [2.45, 2.75) is 6.32 Å². The van der Waals surface area contributed by atoms with Crippen molar-refractivity contribution in [3.8, 4) is 22.3 Å². The molecule has 0 fully saturated rings. The predicted molar refractivity (Wildman–Crippen MR) is 232 cm³/mol. The highest BCUT2D eigenvalue weighted by Gasteiger charge is 2.27. The molecule has 0 radical (unpaired) electrons. The fourth-order valence-corrected chi connectivity index (χ4v) is 7.56. The number of benzene rings is 8. The van der Waals surface area contributed by atoms with Gasteiger partial charge in [-0.1, -0.05) is 139 Å². The highest BCUT2D eigenvalue weighted by Crippen LogP contribution is 2.40. The molecule has 0 bridgehead atoms. The van der Waals surface area contributed by atoms with Gasteiger partial charge >= 0.3 is 0 Å². The number of rotatable bonds is 7. The molecule has 0 unspecified atom stereocenters. The minimum Gasteiger partial charge on any atom is -0.398 e. The van der Waals surface area contributed by atoms with Crippen LogP contribution in [0.25, 0.3) is 22.3 Å². The van der Waals surface area contributed by atoms with E-state index in [-0.39, 0.29) is 6.13 Å². The summed E-state index contributed by atoms with van der Waals surface area (Å²) in [5.74, 6) is 0. The zero-order chi connectivity index (χ0) is 36.7. The van der Waals surface area contributed by atoms with Crippen LogP contribution in [0.3, 0.4) is 0 Å². The van der Waals surface area contributed by atoms with Gasteiger partial charge in [0, 0.05) is 45.4 Å². The maximum absolute atomic E-state index is 6.66. The molecule has 5 heteroatoms. The molecule has 0 saturated heterocycles. The molecule has 9 rings (SSSR count). The maximum atomic E-state index is 6.66. The van der Waals surface area contributed by atoms with Crippen molar-refractivity contribution in [3.05, 3.63) is 218 Å². The molecule has 0 aliphatic carbocycles. The summed E-state index contributed by atoms with van der Waals surface area (Å²) in [7, 11) is 0. The summed E-state index contributed by atoms with van der Waals surface area (Å²) in [6.07, 6.45) is 0.902. The predicted octanol–water partition coefficient (Wildman–Crippen LogP) is 12.8. The van der Waals surface area contributed by atoms with Crippen LogP contribution in [0.5, 0.6) is 0 Å². The van der Waals surface area contributed by atoms with Crippen molar-refractivity contribution >= 4 is 62.9 Å². The largest absolute Gasteiger partial charge is 0.398 e. The van der Waals surface area contributed by atoms with E-state index in [1.165, 1.54) is 22.2 Å². The standard InChI is InChI=1S/C25H19BClN.C24H20N2/c27-26-18-19-15-16-22(17-24(19)23-13-7-8-14-25(23)26)28(20-9-3-1-4-10-20)21-11-5-2-6-12-21;25-24-17-16-22(18-23(24)19-10-4-1-5-11-19)26(20-12-6-2-7-13-20)21-14-8-3-9-15-21/h1-17H,18H2;1-18H,25H2. The van der Waals surface area contributed by atoms with Gasteiger partial charge in [0.1, 0.15) is 0 Å². The van der Waals surface area contributed by atoms with E-state index in [4.69, 9.17) is 17.2 Å². The molecule has 1 heterocycles. The van der Waals surface area contributed by atoms with Crippen molar-refractivity contribution in [3.63, 3.8) is 0 Å². The lowest BCUT2D eigenvalue weighted by Crippen LogP contribution is -2.32. The summed E-state index contributed by atoms with van der Waals surface area (Å²) in [5, 5.41) is 0. The second kappa shape index (κ2) is 16.0. The van der Waals surface area contributed by atoms with Crippen LogP contribution in [0.1, 0.15) is 5.56 Å². The van der Waals surface area contributed by atoms with E-state index < -0.39 is 0 Å². The summed E-state index contributed by atoms with van der Waals surface area (Å²) in [5.41, 5.74) is 21.0. The second-order valence-electron chi connectivity index (χ2n) is 13.3. The Morgan fingerprint density at radius 3 is 1.30 bits per heavy atom. The van der Waals surface area contributed by atoms with E-state index in [2.05, 4.69) is 186 Å². The van der Waals surface area contributed by atoms with E-state index in [1.807, 2.05) is 36.4 Å². The van der Waals surface area contributed by atoms with Crippen LogP contribution in [-0.2, 0) is 6.32 Å². The number of nitrogens with zero attached hydrogens (tertiary/aromatic N) is 2. The first-order valence-electron chi connectivity index (χ1n) is 18.3. The van der Waals surface area contributed by atoms with Crippen LogP contribution in [0, 0.1) is 0 Å². The number of halogens is 1. The molecule has 54 heavy (non-hydrogen) atoms. The lowest BCUT2D eigenvalue weighted by molar-refractivity contribution is 1.26. The third-order valence-electron chi connectivity index (χ3n) is 9.78. The molecule has 0 spiro atoms. The van der Waals surface area contributed by atoms with Crippen molar-refractivity contribution < 1.29 is 0 Å². The van der Waals surface area contributed by atoms with Gasteiger partial charge in [-0.2, -0.15) is 11.5 Å². The molecule has 2 N–H and O–H groups in total. The minimum absolute atomic E-state index is 0.0360. The van der Waals surface area contributed by atoms with Crippen molar-refractivity contribution in [2.24, 2.45) is 0 Å². The summed E-state index contributed by atoms with van der Waals surface area (Å²) in [4.78, 5) is 4.54. The lowest BCUT2D eigenvalue weighted by Gasteiger charge is -2.28. The van der Waals surface area contributed by atoms with Crippen LogP contribution in [-0.4, -0.2) is 6.13 Å².